The van der Waals surface area contributed by atoms with Gasteiger partial charge in [0.05, 0.1) is 11.4 Å². The molecule has 126 valence electrons. The van der Waals surface area contributed by atoms with Gasteiger partial charge in [0.25, 0.3) is 0 Å². The lowest BCUT2D eigenvalue weighted by Gasteiger charge is -2.34. The highest BCUT2D eigenvalue weighted by molar-refractivity contribution is 5.07. The van der Waals surface area contributed by atoms with Crippen molar-refractivity contribution in [3.8, 4) is 0 Å². The third-order valence-electron chi connectivity index (χ3n) is 5.46. The van der Waals surface area contributed by atoms with Crippen LogP contribution in [0.5, 0.6) is 0 Å². The molecule has 4 heteroatoms. The van der Waals surface area contributed by atoms with Crippen LogP contribution in [-0.2, 0) is 13.1 Å². The van der Waals surface area contributed by atoms with E-state index in [0.29, 0.717) is 12.1 Å². The number of aromatic nitrogens is 2. The van der Waals surface area contributed by atoms with E-state index < -0.39 is 0 Å². The summed E-state index contributed by atoms with van der Waals surface area (Å²) in [7, 11) is 0. The van der Waals surface area contributed by atoms with Gasteiger partial charge in [-0.1, -0.05) is 12.1 Å². The largest absolute Gasteiger partial charge is 0.293 e. The quantitative estimate of drug-likeness (QED) is 0.847. The Morgan fingerprint density at radius 2 is 1.25 bits per heavy atom. The smallest absolute Gasteiger partial charge is 0.0544 e. The molecule has 0 N–H and O–H groups in total. The monoisotopic (exact) mass is 322 g/mol. The van der Waals surface area contributed by atoms with Gasteiger partial charge in [-0.15, -0.1) is 0 Å². The average molecular weight is 322 g/mol. The molecule has 0 amide bonds. The van der Waals surface area contributed by atoms with Crippen molar-refractivity contribution in [2.75, 3.05) is 13.1 Å². The molecule has 2 aromatic rings. The molecule has 2 aliphatic rings. The van der Waals surface area contributed by atoms with Gasteiger partial charge in [0.2, 0.25) is 0 Å². The number of hydrogen-bond donors (Lipinski definition) is 0. The highest BCUT2D eigenvalue weighted by Crippen LogP contribution is 2.31. The van der Waals surface area contributed by atoms with Crippen molar-refractivity contribution in [3.63, 3.8) is 0 Å². The lowest BCUT2D eigenvalue weighted by atomic mass is 10.0. The van der Waals surface area contributed by atoms with Crippen molar-refractivity contribution in [3.05, 3.63) is 60.2 Å². The van der Waals surface area contributed by atoms with Gasteiger partial charge in [0.1, 0.15) is 0 Å². The minimum atomic E-state index is 0.665. The second kappa shape index (κ2) is 7.41. The Bertz CT molecular complexity index is 573. The Labute approximate surface area is 144 Å². The predicted octanol–water partition coefficient (Wildman–Crippen LogP) is 3.11. The maximum Gasteiger partial charge on any atom is 0.0544 e. The molecule has 4 rings (SSSR count). The molecule has 0 radical (unpaired) electrons. The van der Waals surface area contributed by atoms with Crippen LogP contribution in [0.25, 0.3) is 0 Å². The molecule has 0 aliphatic carbocycles. The molecule has 0 bridgehead atoms. The predicted molar refractivity (Wildman–Crippen MR) is 95.3 cm³/mol. The van der Waals surface area contributed by atoms with Crippen LogP contribution in [0.2, 0.25) is 0 Å². The zero-order valence-electron chi connectivity index (χ0n) is 14.2. The molecule has 0 spiro atoms. The average Bonchev–Trinajstić information content (AvgIpc) is 3.26. The SMILES string of the molecule is c1ccc(CN2CCC[C@@H]2[C@@H]2CCCN2Cc2ccccn2)nc1. The third kappa shape index (κ3) is 3.50. The zero-order valence-corrected chi connectivity index (χ0v) is 14.2. The number of rotatable bonds is 5. The van der Waals surface area contributed by atoms with E-state index in [0.717, 1.165) is 13.1 Å². The topological polar surface area (TPSA) is 32.3 Å². The molecule has 2 fully saturated rings. The molecule has 0 aromatic carbocycles. The second-order valence-corrected chi connectivity index (χ2v) is 7.00. The lowest BCUT2D eigenvalue weighted by molar-refractivity contribution is 0.122. The highest BCUT2D eigenvalue weighted by atomic mass is 15.3. The first kappa shape index (κ1) is 15.7. The van der Waals surface area contributed by atoms with E-state index in [1.54, 1.807) is 0 Å². The van der Waals surface area contributed by atoms with Gasteiger partial charge in [-0.3, -0.25) is 19.8 Å². The summed E-state index contributed by atoms with van der Waals surface area (Å²) in [6.45, 7) is 4.38. The van der Waals surface area contributed by atoms with E-state index in [4.69, 9.17) is 0 Å². The number of hydrogen-bond acceptors (Lipinski definition) is 4. The fourth-order valence-electron chi connectivity index (χ4n) is 4.37. The Hall–Kier alpha value is -1.78. The van der Waals surface area contributed by atoms with E-state index in [2.05, 4.69) is 44.0 Å². The summed E-state index contributed by atoms with van der Waals surface area (Å²) in [5.74, 6) is 0. The Morgan fingerprint density at radius 3 is 1.67 bits per heavy atom. The molecule has 0 saturated carbocycles. The molecule has 2 atom stereocenters. The Morgan fingerprint density at radius 1 is 0.750 bits per heavy atom. The Balaban J connectivity index is 1.44. The van der Waals surface area contributed by atoms with Crippen molar-refractivity contribution >= 4 is 0 Å². The molecule has 24 heavy (non-hydrogen) atoms. The minimum Gasteiger partial charge on any atom is -0.293 e. The first-order valence-electron chi connectivity index (χ1n) is 9.18. The van der Waals surface area contributed by atoms with Gasteiger partial charge >= 0.3 is 0 Å². The molecule has 4 nitrogen and oxygen atoms in total. The van der Waals surface area contributed by atoms with Gasteiger partial charge in [-0.05, 0) is 63.0 Å². The third-order valence-corrected chi connectivity index (χ3v) is 5.46. The highest BCUT2D eigenvalue weighted by Gasteiger charge is 2.37. The fraction of sp³-hybridized carbons (Fsp3) is 0.500. The maximum absolute atomic E-state index is 4.52. The van der Waals surface area contributed by atoms with Crippen LogP contribution in [0.1, 0.15) is 37.1 Å². The second-order valence-electron chi connectivity index (χ2n) is 7.00. The van der Waals surface area contributed by atoms with Crippen LogP contribution in [0.3, 0.4) is 0 Å². The molecular weight excluding hydrogens is 296 g/mol. The summed E-state index contributed by atoms with van der Waals surface area (Å²) in [5.41, 5.74) is 2.39. The van der Waals surface area contributed by atoms with Gasteiger partial charge in [-0.25, -0.2) is 0 Å². The van der Waals surface area contributed by atoms with E-state index in [9.17, 15) is 0 Å². The zero-order chi connectivity index (χ0) is 16.2. The molecule has 2 saturated heterocycles. The normalized spacial score (nSPS) is 25.3. The first-order valence-corrected chi connectivity index (χ1v) is 9.18. The first-order chi connectivity index (χ1) is 11.9. The molecule has 4 heterocycles. The van der Waals surface area contributed by atoms with Crippen LogP contribution >= 0.6 is 0 Å². The molecular formula is C20H26N4. The fourth-order valence-corrected chi connectivity index (χ4v) is 4.37. The van der Waals surface area contributed by atoms with Gasteiger partial charge in [0.15, 0.2) is 0 Å². The van der Waals surface area contributed by atoms with E-state index in [1.165, 1.54) is 50.2 Å². The van der Waals surface area contributed by atoms with Gasteiger partial charge in [-0.2, -0.15) is 0 Å². The van der Waals surface area contributed by atoms with Crippen molar-refractivity contribution in [2.45, 2.75) is 50.9 Å². The molecule has 2 aromatic heterocycles. The summed E-state index contributed by atoms with van der Waals surface area (Å²) < 4.78 is 0. The van der Waals surface area contributed by atoms with E-state index in [-0.39, 0.29) is 0 Å². The molecule has 0 unspecified atom stereocenters. The van der Waals surface area contributed by atoms with Crippen LogP contribution < -0.4 is 0 Å². The van der Waals surface area contributed by atoms with Crippen molar-refractivity contribution in [1.29, 1.82) is 0 Å². The number of pyridine rings is 2. The van der Waals surface area contributed by atoms with Crippen molar-refractivity contribution in [2.24, 2.45) is 0 Å². The van der Waals surface area contributed by atoms with Gasteiger partial charge in [0, 0.05) is 37.6 Å². The Kier molecular flexibility index (Phi) is 4.86. The van der Waals surface area contributed by atoms with E-state index in [1.807, 2.05) is 24.5 Å². The summed E-state index contributed by atoms with van der Waals surface area (Å²) in [6, 6.07) is 13.8. The van der Waals surface area contributed by atoms with Crippen LogP contribution in [0.4, 0.5) is 0 Å². The van der Waals surface area contributed by atoms with E-state index >= 15 is 0 Å². The summed E-state index contributed by atoms with van der Waals surface area (Å²) in [5, 5.41) is 0. The van der Waals surface area contributed by atoms with Crippen molar-refractivity contribution in [1.82, 2.24) is 19.8 Å². The summed E-state index contributed by atoms with van der Waals surface area (Å²) in [4.78, 5) is 14.4. The van der Waals surface area contributed by atoms with Crippen LogP contribution in [0.15, 0.2) is 48.8 Å². The van der Waals surface area contributed by atoms with Crippen LogP contribution in [0, 0.1) is 0 Å². The van der Waals surface area contributed by atoms with Gasteiger partial charge < -0.3 is 0 Å². The number of likely N-dealkylation sites (tertiary alicyclic amines) is 2. The molecule has 2 aliphatic heterocycles. The summed E-state index contributed by atoms with van der Waals surface area (Å²) in [6.07, 6.45) is 9.07. The standard InChI is InChI=1S/C20H26N4/c1-3-11-21-17(7-1)15-23-13-5-9-19(23)20-10-6-14-24(20)16-18-8-2-4-12-22-18/h1-4,7-8,11-12,19-20H,5-6,9-10,13-16H2/t19-,20+. The lowest BCUT2D eigenvalue weighted by Crippen LogP contribution is -2.45. The van der Waals surface area contributed by atoms with Crippen LogP contribution in [-0.4, -0.2) is 44.9 Å². The number of nitrogens with zero attached hydrogens (tertiary/aromatic N) is 4. The van der Waals surface area contributed by atoms with Crippen molar-refractivity contribution < 1.29 is 0 Å². The maximum atomic E-state index is 4.52. The minimum absolute atomic E-state index is 0.665. The summed E-state index contributed by atoms with van der Waals surface area (Å²) >= 11 is 0.